The number of rotatable bonds is 3. The molecule has 2 aliphatic rings. The fourth-order valence-electron chi connectivity index (χ4n) is 3.93. The highest BCUT2D eigenvalue weighted by Crippen LogP contribution is 2.50. The summed E-state index contributed by atoms with van der Waals surface area (Å²) >= 11 is 0. The van der Waals surface area contributed by atoms with Crippen LogP contribution in [0.15, 0.2) is 42.5 Å². The van der Waals surface area contributed by atoms with Crippen molar-refractivity contribution in [2.24, 2.45) is 5.92 Å². The third-order valence-corrected chi connectivity index (χ3v) is 5.35. The van der Waals surface area contributed by atoms with E-state index in [9.17, 15) is 4.79 Å². The zero-order valence-corrected chi connectivity index (χ0v) is 13.1. The minimum Gasteiger partial charge on any atom is -0.294 e. The maximum atomic E-state index is 12.8. The predicted molar refractivity (Wildman–Crippen MR) is 89.4 cm³/mol. The summed E-state index contributed by atoms with van der Waals surface area (Å²) in [7, 11) is 0. The van der Waals surface area contributed by atoms with Gasteiger partial charge in [0.2, 0.25) is 0 Å². The van der Waals surface area contributed by atoms with E-state index in [-0.39, 0.29) is 5.92 Å². The Morgan fingerprint density at radius 3 is 2.59 bits per heavy atom. The van der Waals surface area contributed by atoms with Crippen LogP contribution in [0, 0.1) is 12.8 Å². The first-order valence-electron chi connectivity index (χ1n) is 8.45. The Balaban J connectivity index is 1.55. The van der Waals surface area contributed by atoms with Gasteiger partial charge >= 0.3 is 0 Å². The van der Waals surface area contributed by atoms with Crippen LogP contribution in [0.2, 0.25) is 0 Å². The van der Waals surface area contributed by atoms with Gasteiger partial charge in [0.15, 0.2) is 5.78 Å². The third kappa shape index (κ3) is 2.39. The molecule has 1 heteroatoms. The fraction of sp³-hybridized carbons (Fsp3) is 0.381. The summed E-state index contributed by atoms with van der Waals surface area (Å²) in [4.78, 5) is 12.8. The first-order valence-corrected chi connectivity index (χ1v) is 8.45. The molecule has 22 heavy (non-hydrogen) atoms. The summed E-state index contributed by atoms with van der Waals surface area (Å²) < 4.78 is 0. The molecule has 0 bridgehead atoms. The monoisotopic (exact) mass is 290 g/mol. The zero-order chi connectivity index (χ0) is 15.1. The van der Waals surface area contributed by atoms with Crippen molar-refractivity contribution in [1.29, 1.82) is 0 Å². The molecule has 2 aromatic rings. The second-order valence-corrected chi connectivity index (χ2v) is 6.86. The molecular formula is C21H22O. The first kappa shape index (κ1) is 13.8. The van der Waals surface area contributed by atoms with Crippen LogP contribution < -0.4 is 0 Å². The Labute approximate surface area is 132 Å². The van der Waals surface area contributed by atoms with Gasteiger partial charge < -0.3 is 0 Å². The third-order valence-electron chi connectivity index (χ3n) is 5.35. The molecule has 2 atom stereocenters. The molecular weight excluding hydrogens is 268 g/mol. The number of hydrogen-bond acceptors (Lipinski definition) is 1. The van der Waals surface area contributed by atoms with Crippen LogP contribution >= 0.6 is 0 Å². The summed E-state index contributed by atoms with van der Waals surface area (Å²) in [5.41, 5.74) is 6.47. The predicted octanol–water partition coefficient (Wildman–Crippen LogP) is 4.86. The summed E-state index contributed by atoms with van der Waals surface area (Å²) in [5, 5.41) is 0. The first-order chi connectivity index (χ1) is 10.7. The van der Waals surface area contributed by atoms with E-state index in [2.05, 4.69) is 49.4 Å². The Morgan fingerprint density at radius 2 is 1.77 bits per heavy atom. The molecule has 1 nitrogen and oxygen atoms in total. The van der Waals surface area contributed by atoms with Crippen molar-refractivity contribution < 1.29 is 4.79 Å². The van der Waals surface area contributed by atoms with Crippen molar-refractivity contribution >= 4 is 5.78 Å². The van der Waals surface area contributed by atoms with E-state index in [0.29, 0.717) is 11.7 Å². The number of carbonyl (C=O) groups excluding carboxylic acids is 1. The second kappa shape index (κ2) is 5.39. The van der Waals surface area contributed by atoms with Crippen LogP contribution in [0.5, 0.6) is 0 Å². The molecule has 112 valence electrons. The van der Waals surface area contributed by atoms with Gasteiger partial charge in [-0.2, -0.15) is 0 Å². The highest BCUT2D eigenvalue weighted by Gasteiger charge is 2.44. The Morgan fingerprint density at radius 1 is 1.00 bits per heavy atom. The van der Waals surface area contributed by atoms with Gasteiger partial charge in [-0.05, 0) is 73.3 Å². The van der Waals surface area contributed by atoms with Gasteiger partial charge in [-0.3, -0.25) is 4.79 Å². The lowest BCUT2D eigenvalue weighted by molar-refractivity contribution is 0.0965. The largest absolute Gasteiger partial charge is 0.294 e. The number of aryl methyl sites for hydroxylation is 3. The zero-order valence-electron chi connectivity index (χ0n) is 13.1. The molecule has 0 radical (unpaired) electrons. The number of ketones is 1. The Hall–Kier alpha value is -1.89. The van der Waals surface area contributed by atoms with Crippen molar-refractivity contribution in [2.75, 3.05) is 0 Å². The van der Waals surface area contributed by atoms with Crippen LogP contribution in [0.3, 0.4) is 0 Å². The Kier molecular flexibility index (Phi) is 3.37. The Bertz CT molecular complexity index is 728. The van der Waals surface area contributed by atoms with Crippen molar-refractivity contribution in [3.8, 4) is 0 Å². The van der Waals surface area contributed by atoms with Crippen LogP contribution in [0.1, 0.15) is 57.8 Å². The SMILES string of the molecule is Cc1ccccc1C1CC1C(=O)c1ccc2c(c1)CCCC2. The minimum atomic E-state index is 0.197. The summed E-state index contributed by atoms with van der Waals surface area (Å²) in [6, 6.07) is 14.9. The van der Waals surface area contributed by atoms with E-state index in [4.69, 9.17) is 0 Å². The van der Waals surface area contributed by atoms with Crippen molar-refractivity contribution in [1.82, 2.24) is 0 Å². The van der Waals surface area contributed by atoms with Crippen LogP contribution in [-0.2, 0) is 12.8 Å². The van der Waals surface area contributed by atoms with Crippen LogP contribution in [-0.4, -0.2) is 5.78 Å². The van der Waals surface area contributed by atoms with Crippen molar-refractivity contribution in [3.63, 3.8) is 0 Å². The molecule has 0 amide bonds. The van der Waals surface area contributed by atoms with Gasteiger partial charge in [0.1, 0.15) is 0 Å². The molecule has 2 unspecified atom stereocenters. The maximum absolute atomic E-state index is 12.8. The molecule has 0 heterocycles. The lowest BCUT2D eigenvalue weighted by Crippen LogP contribution is -2.08. The van der Waals surface area contributed by atoms with Crippen molar-refractivity contribution in [2.45, 2.75) is 44.9 Å². The quantitative estimate of drug-likeness (QED) is 0.738. The van der Waals surface area contributed by atoms with E-state index in [0.717, 1.165) is 18.4 Å². The standard InChI is InChI=1S/C21H22O/c1-14-6-2-5-9-18(14)19-13-20(19)21(22)17-11-10-15-7-3-4-8-16(15)12-17/h2,5-6,9-12,19-20H,3-4,7-8,13H2,1H3. The molecule has 1 fully saturated rings. The molecule has 0 spiro atoms. The topological polar surface area (TPSA) is 17.1 Å². The van der Waals surface area contributed by atoms with Gasteiger partial charge in [-0.15, -0.1) is 0 Å². The molecule has 2 aliphatic carbocycles. The highest BCUT2D eigenvalue weighted by molar-refractivity contribution is 6.00. The van der Waals surface area contributed by atoms with Gasteiger partial charge in [0.25, 0.3) is 0 Å². The average Bonchev–Trinajstić information content (AvgIpc) is 3.34. The molecule has 0 N–H and O–H groups in total. The van der Waals surface area contributed by atoms with Gasteiger partial charge in [-0.25, -0.2) is 0 Å². The van der Waals surface area contributed by atoms with E-state index in [1.165, 1.54) is 41.5 Å². The number of fused-ring (bicyclic) bond motifs is 1. The lowest BCUT2D eigenvalue weighted by atomic mass is 9.89. The molecule has 4 rings (SSSR count). The van der Waals surface area contributed by atoms with Crippen LogP contribution in [0.25, 0.3) is 0 Å². The van der Waals surface area contributed by atoms with Gasteiger partial charge in [0.05, 0.1) is 0 Å². The highest BCUT2D eigenvalue weighted by atomic mass is 16.1. The van der Waals surface area contributed by atoms with Crippen LogP contribution in [0.4, 0.5) is 0 Å². The number of benzene rings is 2. The smallest absolute Gasteiger partial charge is 0.166 e. The number of carbonyl (C=O) groups is 1. The molecule has 0 saturated heterocycles. The van der Waals surface area contributed by atoms with Gasteiger partial charge in [-0.1, -0.05) is 36.4 Å². The minimum absolute atomic E-state index is 0.197. The summed E-state index contributed by atoms with van der Waals surface area (Å²) in [6.07, 6.45) is 5.89. The molecule has 0 aromatic heterocycles. The summed E-state index contributed by atoms with van der Waals surface area (Å²) in [5.74, 6) is 0.981. The maximum Gasteiger partial charge on any atom is 0.166 e. The summed E-state index contributed by atoms with van der Waals surface area (Å²) in [6.45, 7) is 2.15. The van der Waals surface area contributed by atoms with E-state index < -0.39 is 0 Å². The van der Waals surface area contributed by atoms with Gasteiger partial charge in [0, 0.05) is 11.5 Å². The van der Waals surface area contributed by atoms with E-state index >= 15 is 0 Å². The van der Waals surface area contributed by atoms with E-state index in [1.807, 2.05) is 0 Å². The molecule has 0 aliphatic heterocycles. The number of Topliss-reactive ketones (excluding diaryl/α,β-unsaturated/α-hetero) is 1. The average molecular weight is 290 g/mol. The number of hydrogen-bond donors (Lipinski definition) is 0. The fourth-order valence-corrected chi connectivity index (χ4v) is 3.93. The molecule has 1 saturated carbocycles. The lowest BCUT2D eigenvalue weighted by Gasteiger charge is -2.16. The van der Waals surface area contributed by atoms with Crippen molar-refractivity contribution in [3.05, 3.63) is 70.3 Å². The normalized spacial score (nSPS) is 23.0. The second-order valence-electron chi connectivity index (χ2n) is 6.86. The molecule has 2 aromatic carbocycles. The van der Waals surface area contributed by atoms with E-state index in [1.54, 1.807) is 0 Å².